The molecule has 112 heavy (non-hydrogen) atoms. The fourth-order valence-electron chi connectivity index (χ4n) is 16.0. The molecule has 6 heterocycles. The summed E-state index contributed by atoms with van der Waals surface area (Å²) in [5.74, 6) is 3.58. The van der Waals surface area contributed by atoms with E-state index in [0.717, 1.165) is 166 Å². The molecule has 0 bridgehead atoms. The number of furan rings is 2. The van der Waals surface area contributed by atoms with Gasteiger partial charge in [0, 0.05) is 87.8 Å². The number of hydrogen-bond donors (Lipinski definition) is 0. The molecule has 524 valence electrons. The predicted molar refractivity (Wildman–Crippen MR) is 457 cm³/mol. The van der Waals surface area contributed by atoms with Gasteiger partial charge in [-0.3, -0.25) is 0 Å². The SMILES string of the molecule is c1ccc(-c2ccc(-c3nc(-c4ccc(-c5ccccc5)cc4)nc(-c4cccc5oc6cc7c8ccccc8n(-c8ccccc8)c7cc6c45)n3)cc2)cc1.c1ccc(-c2ccc(-c3nc(-c4cccc(-c5ccccc5)c4)nc(-c4cccc5oc6cc7c8ccccc8n(-c8ccccc8)c7cc6c45)n3)cc2)cc1. The normalized spacial score (nSPS) is 11.6. The molecule has 0 atom stereocenters. The Bertz CT molecular complexity index is 7210. The molecule has 0 amide bonds. The lowest BCUT2D eigenvalue weighted by Crippen LogP contribution is -2.00. The highest BCUT2D eigenvalue weighted by molar-refractivity contribution is 6.21. The first-order valence-electron chi connectivity index (χ1n) is 37.5. The first-order valence-corrected chi connectivity index (χ1v) is 37.5. The molecule has 0 aliphatic rings. The van der Waals surface area contributed by atoms with E-state index in [4.69, 9.17) is 38.7 Å². The van der Waals surface area contributed by atoms with Crippen molar-refractivity contribution in [2.75, 3.05) is 0 Å². The van der Waals surface area contributed by atoms with Crippen molar-refractivity contribution in [1.82, 2.24) is 39.0 Å². The van der Waals surface area contributed by atoms with Gasteiger partial charge in [-0.1, -0.05) is 309 Å². The first kappa shape index (κ1) is 65.1. The van der Waals surface area contributed by atoms with Crippen LogP contribution >= 0.6 is 0 Å². The van der Waals surface area contributed by atoms with Gasteiger partial charge < -0.3 is 18.0 Å². The van der Waals surface area contributed by atoms with Crippen LogP contribution in [-0.4, -0.2) is 39.0 Å². The molecular formula is C102H64N8O2. The zero-order chi connectivity index (χ0) is 74.0. The van der Waals surface area contributed by atoms with Crippen molar-refractivity contribution >= 4 is 87.5 Å². The number of benzene rings is 16. The summed E-state index contributed by atoms with van der Waals surface area (Å²) in [6.45, 7) is 0. The van der Waals surface area contributed by atoms with Gasteiger partial charge in [-0.2, -0.15) is 0 Å². The molecule has 22 rings (SSSR count). The van der Waals surface area contributed by atoms with E-state index in [1.54, 1.807) is 0 Å². The van der Waals surface area contributed by atoms with E-state index in [-0.39, 0.29) is 0 Å². The van der Waals surface area contributed by atoms with Crippen LogP contribution in [0.1, 0.15) is 0 Å². The Morgan fingerprint density at radius 3 is 0.839 bits per heavy atom. The van der Waals surface area contributed by atoms with Gasteiger partial charge in [0.1, 0.15) is 22.3 Å². The highest BCUT2D eigenvalue weighted by Gasteiger charge is 2.25. The van der Waals surface area contributed by atoms with Crippen LogP contribution in [0.5, 0.6) is 0 Å². The summed E-state index contributed by atoms with van der Waals surface area (Å²) in [6, 6.07) is 135. The Balaban J connectivity index is 0.000000141. The van der Waals surface area contributed by atoms with E-state index in [2.05, 4.69) is 349 Å². The molecule has 0 aliphatic carbocycles. The van der Waals surface area contributed by atoms with Crippen LogP contribution < -0.4 is 0 Å². The standard InChI is InChI=1S/2C51H32N4O/c1-4-14-33(15-5-1)35-26-28-36(29-27-35)49-52-50(38-19-12-18-37(30-38)34-16-6-2-7-17-34)54-51(53-49)41-23-13-25-46-48(41)43-31-45-42(32-47(43)56-46)40-22-10-11-24-44(40)55(45)39-20-8-3-9-21-39;1-4-13-33(14-5-1)35-23-27-37(28-24-35)49-52-50(38-29-25-36(26-30-38)34-15-6-2-7-16-34)54-51(53-49)41-20-12-22-46-48(41)43-31-45-42(32-47(43)56-46)40-19-10-11-21-44(40)55(45)39-17-8-3-9-18-39/h2*1-32H. The number of rotatable bonds is 12. The van der Waals surface area contributed by atoms with Gasteiger partial charge >= 0.3 is 0 Å². The van der Waals surface area contributed by atoms with Gasteiger partial charge in [0.05, 0.1) is 22.1 Å². The molecule has 0 radical (unpaired) electrons. The van der Waals surface area contributed by atoms with Crippen molar-refractivity contribution in [3.63, 3.8) is 0 Å². The third-order valence-corrected chi connectivity index (χ3v) is 21.3. The van der Waals surface area contributed by atoms with E-state index in [1.807, 2.05) is 48.5 Å². The summed E-state index contributed by atoms with van der Waals surface area (Å²) in [4.78, 5) is 31.1. The van der Waals surface area contributed by atoms with Crippen molar-refractivity contribution in [2.45, 2.75) is 0 Å². The molecule has 0 spiro atoms. The number of hydrogen-bond acceptors (Lipinski definition) is 8. The Hall–Kier alpha value is -15.3. The third kappa shape index (κ3) is 11.7. The summed E-state index contributed by atoms with van der Waals surface area (Å²) < 4.78 is 18.0. The lowest BCUT2D eigenvalue weighted by Gasteiger charge is -2.11. The molecule has 0 fully saturated rings. The number of aromatic nitrogens is 8. The number of fused-ring (bicyclic) bond motifs is 12. The zero-order valence-electron chi connectivity index (χ0n) is 60.3. The molecule has 10 heteroatoms. The largest absolute Gasteiger partial charge is 0.456 e. The Labute approximate surface area is 643 Å². The van der Waals surface area contributed by atoms with E-state index < -0.39 is 0 Å². The molecule has 0 N–H and O–H groups in total. The van der Waals surface area contributed by atoms with Crippen LogP contribution in [0.2, 0.25) is 0 Å². The molecule has 10 nitrogen and oxygen atoms in total. The number of para-hydroxylation sites is 4. The van der Waals surface area contributed by atoms with Gasteiger partial charge in [-0.05, 0) is 123 Å². The lowest BCUT2D eigenvalue weighted by atomic mass is 10.0. The summed E-state index contributed by atoms with van der Waals surface area (Å²) in [5, 5.41) is 8.58. The monoisotopic (exact) mass is 1430 g/mol. The first-order chi connectivity index (χ1) is 55.5. The Morgan fingerprint density at radius 1 is 0.170 bits per heavy atom. The quantitative estimate of drug-likeness (QED) is 0.119. The minimum absolute atomic E-state index is 0.583. The maximum Gasteiger partial charge on any atom is 0.164 e. The van der Waals surface area contributed by atoms with Crippen LogP contribution in [0.4, 0.5) is 0 Å². The van der Waals surface area contributed by atoms with Crippen molar-refractivity contribution in [1.29, 1.82) is 0 Å². The average Bonchev–Trinajstić information content (AvgIpc) is 1.57. The minimum Gasteiger partial charge on any atom is -0.456 e. The van der Waals surface area contributed by atoms with E-state index >= 15 is 0 Å². The second kappa shape index (κ2) is 27.5. The average molecular weight is 1430 g/mol. The van der Waals surface area contributed by atoms with Gasteiger partial charge in [0.25, 0.3) is 0 Å². The molecule has 6 aromatic heterocycles. The topological polar surface area (TPSA) is 113 Å². The van der Waals surface area contributed by atoms with Crippen LogP contribution in [0.3, 0.4) is 0 Å². The fourth-order valence-corrected chi connectivity index (χ4v) is 16.0. The van der Waals surface area contributed by atoms with E-state index in [0.29, 0.717) is 34.9 Å². The predicted octanol–water partition coefficient (Wildman–Crippen LogP) is 26.4. The summed E-state index contributed by atoms with van der Waals surface area (Å²) in [7, 11) is 0. The van der Waals surface area contributed by atoms with E-state index in [9.17, 15) is 0 Å². The van der Waals surface area contributed by atoms with Crippen LogP contribution in [0, 0.1) is 0 Å². The fraction of sp³-hybridized carbons (Fsp3) is 0. The third-order valence-electron chi connectivity index (χ3n) is 21.3. The summed E-state index contributed by atoms with van der Waals surface area (Å²) in [5.41, 5.74) is 24.4. The highest BCUT2D eigenvalue weighted by Crippen LogP contribution is 2.45. The maximum atomic E-state index is 6.66. The van der Waals surface area contributed by atoms with Crippen molar-refractivity contribution in [3.8, 4) is 124 Å². The molecule has 0 aliphatic heterocycles. The highest BCUT2D eigenvalue weighted by atomic mass is 16.3. The van der Waals surface area contributed by atoms with Crippen molar-refractivity contribution in [2.24, 2.45) is 0 Å². The maximum absolute atomic E-state index is 6.66. The van der Waals surface area contributed by atoms with Gasteiger partial charge in [0.2, 0.25) is 0 Å². The van der Waals surface area contributed by atoms with Crippen LogP contribution in [0.25, 0.3) is 212 Å². The zero-order valence-corrected chi connectivity index (χ0v) is 60.3. The smallest absolute Gasteiger partial charge is 0.164 e. The van der Waals surface area contributed by atoms with Crippen molar-refractivity contribution < 1.29 is 8.83 Å². The molecule has 0 saturated carbocycles. The Morgan fingerprint density at radius 2 is 0.455 bits per heavy atom. The lowest BCUT2D eigenvalue weighted by molar-refractivity contribution is 0.669. The van der Waals surface area contributed by atoms with Crippen molar-refractivity contribution in [3.05, 3.63) is 388 Å². The summed E-state index contributed by atoms with van der Waals surface area (Å²) >= 11 is 0. The van der Waals surface area contributed by atoms with Gasteiger partial charge in [-0.25, -0.2) is 29.9 Å². The van der Waals surface area contributed by atoms with Gasteiger partial charge in [0.15, 0.2) is 34.9 Å². The second-order valence-electron chi connectivity index (χ2n) is 28.1. The minimum atomic E-state index is 0.583. The Kier molecular flexibility index (Phi) is 16.0. The molecule has 22 aromatic rings. The second-order valence-corrected chi connectivity index (χ2v) is 28.1. The summed E-state index contributed by atoms with van der Waals surface area (Å²) in [6.07, 6.45) is 0. The molecule has 0 unspecified atom stereocenters. The molecular weight excluding hydrogens is 1370 g/mol. The van der Waals surface area contributed by atoms with Crippen LogP contribution in [0.15, 0.2) is 397 Å². The van der Waals surface area contributed by atoms with E-state index in [1.165, 1.54) is 10.8 Å². The molecule has 16 aromatic carbocycles. The number of nitrogens with zero attached hydrogens (tertiary/aromatic N) is 8. The molecule has 0 saturated heterocycles. The van der Waals surface area contributed by atoms with Crippen LogP contribution in [-0.2, 0) is 0 Å². The van der Waals surface area contributed by atoms with Gasteiger partial charge in [-0.15, -0.1) is 0 Å².